The van der Waals surface area contributed by atoms with E-state index in [1.165, 1.54) is 12.1 Å². The number of sulfone groups is 1. The highest BCUT2D eigenvalue weighted by atomic mass is 32.2. The maximum absolute atomic E-state index is 11.5. The number of thiocarbonyl (C=S) groups is 1. The fourth-order valence-electron chi connectivity index (χ4n) is 1.78. The second kappa shape index (κ2) is 6.24. The fourth-order valence-corrected chi connectivity index (χ4v) is 2.56. The van der Waals surface area contributed by atoms with Gasteiger partial charge in [-0.15, -0.1) is 0 Å². The molecule has 2 aromatic rings. The zero-order valence-electron chi connectivity index (χ0n) is 11.4. The normalized spacial score (nSPS) is 11.1. The topological polar surface area (TPSA) is 69.4 Å². The first-order valence-electron chi connectivity index (χ1n) is 6.18. The Morgan fingerprint density at radius 2 is 1.90 bits per heavy atom. The lowest BCUT2D eigenvalue weighted by Crippen LogP contribution is -2.09. The molecule has 0 spiro atoms. The lowest BCUT2D eigenvalue weighted by Gasteiger charge is -2.08. The molecule has 0 saturated heterocycles. The fraction of sp³-hybridized carbons (Fsp3) is 0.133. The number of rotatable bonds is 5. The molecule has 2 aromatic carbocycles. The molecule has 0 aromatic heterocycles. The van der Waals surface area contributed by atoms with Crippen molar-refractivity contribution >= 4 is 27.0 Å². The molecule has 0 fully saturated rings. The molecule has 2 rings (SSSR count). The SMILES string of the molecule is CS(=O)(=O)c1cccc(OCc2cccc(C(N)=S)c2)c1. The highest BCUT2D eigenvalue weighted by Crippen LogP contribution is 2.18. The number of hydrogen-bond donors (Lipinski definition) is 1. The van der Waals surface area contributed by atoms with Gasteiger partial charge < -0.3 is 10.5 Å². The van der Waals surface area contributed by atoms with Crippen LogP contribution in [0.5, 0.6) is 5.75 Å². The first-order chi connectivity index (χ1) is 9.86. The van der Waals surface area contributed by atoms with Crippen LogP contribution in [0.4, 0.5) is 0 Å². The zero-order chi connectivity index (χ0) is 15.5. The van der Waals surface area contributed by atoms with Crippen molar-refractivity contribution in [1.29, 1.82) is 0 Å². The third-order valence-corrected chi connectivity index (χ3v) is 4.20. The molecule has 2 N–H and O–H groups in total. The highest BCUT2D eigenvalue weighted by Gasteiger charge is 2.08. The van der Waals surface area contributed by atoms with E-state index in [1.54, 1.807) is 12.1 Å². The molecule has 21 heavy (non-hydrogen) atoms. The van der Waals surface area contributed by atoms with E-state index in [0.29, 0.717) is 17.3 Å². The molecular formula is C15H15NO3S2. The van der Waals surface area contributed by atoms with Crippen molar-refractivity contribution in [2.24, 2.45) is 5.73 Å². The predicted molar refractivity (Wildman–Crippen MR) is 86.2 cm³/mol. The molecule has 0 aliphatic heterocycles. The lowest BCUT2D eigenvalue weighted by atomic mass is 10.1. The molecule has 0 radical (unpaired) electrons. The maximum atomic E-state index is 11.5. The summed E-state index contributed by atoms with van der Waals surface area (Å²) >= 11 is 4.93. The van der Waals surface area contributed by atoms with Crippen molar-refractivity contribution in [2.45, 2.75) is 11.5 Å². The van der Waals surface area contributed by atoms with E-state index in [2.05, 4.69) is 0 Å². The molecule has 0 bridgehead atoms. The van der Waals surface area contributed by atoms with Gasteiger partial charge in [0.15, 0.2) is 9.84 Å². The van der Waals surface area contributed by atoms with Gasteiger partial charge in [0.25, 0.3) is 0 Å². The Morgan fingerprint density at radius 1 is 1.19 bits per heavy atom. The van der Waals surface area contributed by atoms with Gasteiger partial charge in [0, 0.05) is 11.8 Å². The van der Waals surface area contributed by atoms with Crippen molar-refractivity contribution in [3.63, 3.8) is 0 Å². The van der Waals surface area contributed by atoms with Crippen molar-refractivity contribution in [2.75, 3.05) is 6.26 Å². The van der Waals surface area contributed by atoms with Gasteiger partial charge >= 0.3 is 0 Å². The summed E-state index contributed by atoms with van der Waals surface area (Å²) in [4.78, 5) is 0.563. The van der Waals surface area contributed by atoms with Gasteiger partial charge in [-0.05, 0) is 29.8 Å². The Balaban J connectivity index is 2.13. The minimum atomic E-state index is -3.24. The van der Waals surface area contributed by atoms with Crippen molar-refractivity contribution in [3.8, 4) is 5.75 Å². The molecule has 4 nitrogen and oxygen atoms in total. The van der Waals surface area contributed by atoms with Gasteiger partial charge in [-0.3, -0.25) is 0 Å². The molecular weight excluding hydrogens is 306 g/mol. The minimum absolute atomic E-state index is 0.233. The third kappa shape index (κ3) is 4.27. The molecule has 0 saturated carbocycles. The molecule has 0 amide bonds. The first-order valence-corrected chi connectivity index (χ1v) is 8.48. The van der Waals surface area contributed by atoms with Gasteiger partial charge in [0.05, 0.1) is 4.90 Å². The molecule has 0 aliphatic rings. The van der Waals surface area contributed by atoms with Crippen LogP contribution in [-0.4, -0.2) is 19.7 Å². The minimum Gasteiger partial charge on any atom is -0.489 e. The summed E-state index contributed by atoms with van der Waals surface area (Å²) in [5.41, 5.74) is 7.26. The zero-order valence-corrected chi connectivity index (χ0v) is 13.1. The summed E-state index contributed by atoms with van der Waals surface area (Å²) < 4.78 is 28.6. The number of benzene rings is 2. The van der Waals surface area contributed by atoms with E-state index in [1.807, 2.05) is 24.3 Å². The van der Waals surface area contributed by atoms with Crippen LogP contribution in [-0.2, 0) is 16.4 Å². The maximum Gasteiger partial charge on any atom is 0.175 e. The average Bonchev–Trinajstić information content (AvgIpc) is 2.45. The van der Waals surface area contributed by atoms with Crippen LogP contribution in [0.25, 0.3) is 0 Å². The molecule has 0 unspecified atom stereocenters. The predicted octanol–water partition coefficient (Wildman–Crippen LogP) is 2.30. The quantitative estimate of drug-likeness (QED) is 0.856. The Bertz CT molecular complexity index is 770. The summed E-state index contributed by atoms with van der Waals surface area (Å²) in [5.74, 6) is 0.499. The van der Waals surface area contributed by atoms with E-state index in [-0.39, 0.29) is 4.90 Å². The second-order valence-corrected chi connectivity index (χ2v) is 7.06. The van der Waals surface area contributed by atoms with Crippen molar-refractivity contribution < 1.29 is 13.2 Å². The smallest absolute Gasteiger partial charge is 0.175 e. The Hall–Kier alpha value is -1.92. The summed E-state index contributed by atoms with van der Waals surface area (Å²) in [6.45, 7) is 0.309. The molecule has 0 aliphatic carbocycles. The monoisotopic (exact) mass is 321 g/mol. The number of hydrogen-bond acceptors (Lipinski definition) is 4. The van der Waals surface area contributed by atoms with Crippen molar-refractivity contribution in [3.05, 3.63) is 59.7 Å². The van der Waals surface area contributed by atoms with Crippen LogP contribution in [0.1, 0.15) is 11.1 Å². The van der Waals surface area contributed by atoms with Crippen molar-refractivity contribution in [1.82, 2.24) is 0 Å². The van der Waals surface area contributed by atoms with Crippen LogP contribution in [0.2, 0.25) is 0 Å². The summed E-state index contributed by atoms with van der Waals surface area (Å²) in [6.07, 6.45) is 1.16. The molecule has 0 atom stereocenters. The Labute approximate surface area is 129 Å². The highest BCUT2D eigenvalue weighted by molar-refractivity contribution is 7.90. The third-order valence-electron chi connectivity index (χ3n) is 2.85. The summed E-state index contributed by atoms with van der Waals surface area (Å²) in [6, 6.07) is 13.8. The summed E-state index contributed by atoms with van der Waals surface area (Å²) in [7, 11) is -3.24. The second-order valence-electron chi connectivity index (χ2n) is 4.60. The Kier molecular flexibility index (Phi) is 4.59. The van der Waals surface area contributed by atoms with Gasteiger partial charge in [-0.1, -0.05) is 36.5 Å². The van der Waals surface area contributed by atoms with Crippen LogP contribution in [0.3, 0.4) is 0 Å². The van der Waals surface area contributed by atoms with E-state index in [9.17, 15) is 8.42 Å². The molecule has 0 heterocycles. The van der Waals surface area contributed by atoms with E-state index in [0.717, 1.165) is 17.4 Å². The van der Waals surface area contributed by atoms with Gasteiger partial charge in [-0.2, -0.15) is 0 Å². The largest absolute Gasteiger partial charge is 0.489 e. The Morgan fingerprint density at radius 3 is 2.57 bits per heavy atom. The summed E-state index contributed by atoms with van der Waals surface area (Å²) in [5, 5.41) is 0. The van der Waals surface area contributed by atoms with E-state index >= 15 is 0 Å². The number of ether oxygens (including phenoxy) is 1. The standard InChI is InChI=1S/C15H15NO3S2/c1-21(17,18)14-7-3-6-13(9-14)19-10-11-4-2-5-12(8-11)15(16)20/h2-9H,10H2,1H3,(H2,16,20). The van der Waals surface area contributed by atoms with Gasteiger partial charge in [0.2, 0.25) is 0 Å². The van der Waals surface area contributed by atoms with Crippen LogP contribution < -0.4 is 10.5 Å². The lowest BCUT2D eigenvalue weighted by molar-refractivity contribution is 0.305. The van der Waals surface area contributed by atoms with Crippen LogP contribution in [0.15, 0.2) is 53.4 Å². The van der Waals surface area contributed by atoms with Crippen LogP contribution >= 0.6 is 12.2 Å². The van der Waals surface area contributed by atoms with Gasteiger partial charge in [0.1, 0.15) is 17.3 Å². The number of nitrogens with two attached hydrogens (primary N) is 1. The average molecular weight is 321 g/mol. The molecule has 6 heteroatoms. The molecule has 110 valence electrons. The van der Waals surface area contributed by atoms with Crippen LogP contribution in [0, 0.1) is 0 Å². The first kappa shape index (κ1) is 15.5. The van der Waals surface area contributed by atoms with Gasteiger partial charge in [-0.25, -0.2) is 8.42 Å². The van der Waals surface area contributed by atoms with E-state index < -0.39 is 9.84 Å². The van der Waals surface area contributed by atoms with E-state index in [4.69, 9.17) is 22.7 Å².